The summed E-state index contributed by atoms with van der Waals surface area (Å²) in [5.74, 6) is 1.89. The highest BCUT2D eigenvalue weighted by atomic mass is 32.1. The zero-order valence-corrected chi connectivity index (χ0v) is 20.3. The maximum atomic E-state index is 6.05. The smallest absolute Gasteiger partial charge is 0.161 e. The molecule has 170 valence electrons. The van der Waals surface area contributed by atoms with Gasteiger partial charge in [0.25, 0.3) is 0 Å². The minimum Gasteiger partial charge on any atom is -0.473 e. The molecule has 0 aliphatic carbocycles. The summed E-state index contributed by atoms with van der Waals surface area (Å²) >= 11 is 8.97. The van der Waals surface area contributed by atoms with Crippen molar-refractivity contribution >= 4 is 36.6 Å². The summed E-state index contributed by atoms with van der Waals surface area (Å²) in [7, 11) is 0. The van der Waals surface area contributed by atoms with Gasteiger partial charge in [-0.3, -0.25) is 0 Å². The average molecular weight is 485 g/mol. The number of anilines is 2. The predicted molar refractivity (Wildman–Crippen MR) is 143 cm³/mol. The molecule has 4 nitrogen and oxygen atoms in total. The van der Waals surface area contributed by atoms with Gasteiger partial charge in [-0.15, -0.1) is 25.3 Å². The molecule has 0 amide bonds. The van der Waals surface area contributed by atoms with Crippen LogP contribution >= 0.6 is 25.3 Å². The number of hydrogen-bond acceptors (Lipinski definition) is 6. The zero-order valence-electron chi connectivity index (χ0n) is 18.5. The first-order valence-corrected chi connectivity index (χ1v) is 12.1. The van der Waals surface area contributed by atoms with Crippen LogP contribution in [0.1, 0.15) is 11.1 Å². The summed E-state index contributed by atoms with van der Waals surface area (Å²) in [6.45, 7) is 2.65. The van der Waals surface area contributed by atoms with Gasteiger partial charge in [0.15, 0.2) is 13.5 Å². The highest BCUT2D eigenvalue weighted by Crippen LogP contribution is 2.36. The number of rotatable bonds is 3. The minimum atomic E-state index is 0.531. The lowest BCUT2D eigenvalue weighted by molar-refractivity contribution is 0.289. The molecule has 0 fully saturated rings. The van der Waals surface area contributed by atoms with Crippen LogP contribution in [-0.2, 0) is 13.1 Å². The Bertz CT molecular complexity index is 1270. The molecule has 4 aromatic rings. The van der Waals surface area contributed by atoms with E-state index < -0.39 is 0 Å². The fourth-order valence-electron chi connectivity index (χ4n) is 4.56. The first-order chi connectivity index (χ1) is 16.6. The van der Waals surface area contributed by atoms with Crippen molar-refractivity contribution in [2.24, 2.45) is 0 Å². The Morgan fingerprint density at radius 3 is 1.47 bits per heavy atom. The van der Waals surface area contributed by atoms with E-state index in [9.17, 15) is 0 Å². The number of hydrogen-bond donors (Lipinski definition) is 2. The van der Waals surface area contributed by atoms with E-state index in [1.807, 2.05) is 24.3 Å². The first kappa shape index (κ1) is 21.3. The van der Waals surface area contributed by atoms with Crippen LogP contribution in [0.4, 0.5) is 11.4 Å². The number of ether oxygens (including phenoxy) is 2. The molecule has 6 rings (SSSR count). The largest absolute Gasteiger partial charge is 0.473 e. The Balaban J connectivity index is 1.27. The van der Waals surface area contributed by atoms with Crippen molar-refractivity contribution in [1.29, 1.82) is 0 Å². The lowest BCUT2D eigenvalue weighted by atomic mass is 9.98. The molecule has 4 aromatic carbocycles. The van der Waals surface area contributed by atoms with Crippen LogP contribution in [0.5, 0.6) is 11.5 Å². The monoisotopic (exact) mass is 484 g/mol. The van der Waals surface area contributed by atoms with Crippen molar-refractivity contribution in [3.63, 3.8) is 0 Å². The Kier molecular flexibility index (Phi) is 5.55. The molecule has 0 unspecified atom stereocenters. The van der Waals surface area contributed by atoms with Crippen LogP contribution < -0.4 is 19.3 Å². The van der Waals surface area contributed by atoms with Crippen molar-refractivity contribution in [2.75, 3.05) is 23.3 Å². The van der Waals surface area contributed by atoms with Gasteiger partial charge in [-0.05, 0) is 71.8 Å². The molecule has 0 N–H and O–H groups in total. The maximum Gasteiger partial charge on any atom is 0.161 e. The SMILES string of the molecule is Sc1cccc(N2COc3ccc(-c4ccc5c(c4)CN(c4cccc(S)c4)CO5)cc3C2)c1. The van der Waals surface area contributed by atoms with Crippen molar-refractivity contribution in [1.82, 2.24) is 0 Å². The molecule has 2 aliphatic heterocycles. The van der Waals surface area contributed by atoms with Crippen molar-refractivity contribution in [3.05, 3.63) is 96.1 Å². The summed E-state index contributed by atoms with van der Waals surface area (Å²) in [6.07, 6.45) is 0. The normalized spacial score (nSPS) is 14.6. The average Bonchev–Trinajstić information content (AvgIpc) is 2.87. The van der Waals surface area contributed by atoms with Gasteiger partial charge in [-0.25, -0.2) is 0 Å². The molecule has 0 bridgehead atoms. The first-order valence-electron chi connectivity index (χ1n) is 11.2. The lowest BCUT2D eigenvalue weighted by Crippen LogP contribution is -2.32. The Labute approximate surface area is 210 Å². The molecule has 0 aromatic heterocycles. The Morgan fingerprint density at radius 1 is 0.559 bits per heavy atom. The van der Waals surface area contributed by atoms with Crippen LogP contribution in [0, 0.1) is 0 Å². The Hall–Kier alpha value is -3.22. The number of thiol groups is 2. The number of nitrogens with zero attached hydrogens (tertiary/aromatic N) is 2. The second-order valence-electron chi connectivity index (χ2n) is 8.63. The van der Waals surface area contributed by atoms with E-state index in [2.05, 4.69) is 95.7 Å². The van der Waals surface area contributed by atoms with Gasteiger partial charge in [0.05, 0.1) is 0 Å². The van der Waals surface area contributed by atoms with Crippen molar-refractivity contribution < 1.29 is 9.47 Å². The summed E-state index contributed by atoms with van der Waals surface area (Å²) < 4.78 is 12.1. The van der Waals surface area contributed by atoms with Crippen LogP contribution in [0.15, 0.2) is 94.7 Å². The van der Waals surface area contributed by atoms with E-state index in [4.69, 9.17) is 9.47 Å². The molecule has 6 heteroatoms. The van der Waals surface area contributed by atoms with E-state index in [0.717, 1.165) is 45.8 Å². The van der Waals surface area contributed by atoms with Gasteiger partial charge in [-0.1, -0.05) is 24.3 Å². The second-order valence-corrected chi connectivity index (χ2v) is 9.66. The standard InChI is InChI=1S/C28H24N2O2S2/c33-25-5-1-3-23(13-25)29-15-21-11-19(7-9-27(21)31-17-29)20-8-10-28-22(12-20)16-30(18-32-28)24-4-2-6-26(34)14-24/h1-14,33-34H,15-18H2. The summed E-state index contributed by atoms with van der Waals surface area (Å²) in [5, 5.41) is 0. The molecule has 2 aliphatic rings. The Morgan fingerprint density at radius 2 is 1.03 bits per heavy atom. The fraction of sp³-hybridized carbons (Fsp3) is 0.143. The quantitative estimate of drug-likeness (QED) is 0.318. The molecule has 2 heterocycles. The molecule has 34 heavy (non-hydrogen) atoms. The molecule has 0 spiro atoms. The lowest BCUT2D eigenvalue weighted by Gasteiger charge is -2.32. The highest BCUT2D eigenvalue weighted by Gasteiger charge is 2.21. The van der Waals surface area contributed by atoms with Crippen LogP contribution in [0.25, 0.3) is 11.1 Å². The van der Waals surface area contributed by atoms with Gasteiger partial charge in [-0.2, -0.15) is 0 Å². The van der Waals surface area contributed by atoms with Crippen LogP contribution in [-0.4, -0.2) is 13.5 Å². The maximum absolute atomic E-state index is 6.05. The molecular weight excluding hydrogens is 460 g/mol. The van der Waals surface area contributed by atoms with E-state index in [1.54, 1.807) is 0 Å². The van der Waals surface area contributed by atoms with E-state index in [-0.39, 0.29) is 0 Å². The summed E-state index contributed by atoms with van der Waals surface area (Å²) in [4.78, 5) is 6.34. The van der Waals surface area contributed by atoms with Gasteiger partial charge in [0.1, 0.15) is 11.5 Å². The summed E-state index contributed by atoms with van der Waals surface area (Å²) in [5.41, 5.74) is 6.91. The van der Waals surface area contributed by atoms with E-state index >= 15 is 0 Å². The number of benzene rings is 4. The molecule has 0 radical (unpaired) electrons. The van der Waals surface area contributed by atoms with Crippen LogP contribution in [0.3, 0.4) is 0 Å². The van der Waals surface area contributed by atoms with Gasteiger partial charge >= 0.3 is 0 Å². The minimum absolute atomic E-state index is 0.531. The van der Waals surface area contributed by atoms with Crippen molar-refractivity contribution in [2.45, 2.75) is 22.9 Å². The fourth-order valence-corrected chi connectivity index (χ4v) is 4.99. The van der Waals surface area contributed by atoms with E-state index in [0.29, 0.717) is 13.5 Å². The second kappa shape index (κ2) is 8.85. The van der Waals surface area contributed by atoms with E-state index in [1.165, 1.54) is 22.3 Å². The highest BCUT2D eigenvalue weighted by molar-refractivity contribution is 7.80. The predicted octanol–water partition coefficient (Wildman–Crippen LogP) is 6.64. The molecular formula is C28H24N2O2S2. The van der Waals surface area contributed by atoms with Gasteiger partial charge in [0.2, 0.25) is 0 Å². The third kappa shape index (κ3) is 4.19. The summed E-state index contributed by atoms with van der Waals surface area (Å²) in [6, 6.07) is 29.2. The molecule has 0 saturated heterocycles. The van der Waals surface area contributed by atoms with Gasteiger partial charge in [0, 0.05) is 45.4 Å². The number of fused-ring (bicyclic) bond motifs is 2. The zero-order chi connectivity index (χ0) is 23.1. The molecule has 0 saturated carbocycles. The van der Waals surface area contributed by atoms with Crippen LogP contribution in [0.2, 0.25) is 0 Å². The van der Waals surface area contributed by atoms with Crippen molar-refractivity contribution in [3.8, 4) is 22.6 Å². The van der Waals surface area contributed by atoms with Gasteiger partial charge < -0.3 is 19.3 Å². The molecule has 0 atom stereocenters. The third-order valence-corrected chi connectivity index (χ3v) is 6.87. The topological polar surface area (TPSA) is 24.9 Å². The third-order valence-electron chi connectivity index (χ3n) is 6.32.